The van der Waals surface area contributed by atoms with E-state index in [0.29, 0.717) is 5.92 Å². The number of anilines is 1. The number of carbonyl (C=O) groups is 2. The molecule has 1 aromatic heterocycles. The summed E-state index contributed by atoms with van der Waals surface area (Å²) in [4.78, 5) is 29.0. The lowest BCUT2D eigenvalue weighted by molar-refractivity contribution is -0.146. The van der Waals surface area contributed by atoms with Gasteiger partial charge in [-0.1, -0.05) is 12.2 Å². The molecule has 5 rings (SSSR count). The molecule has 1 heterocycles. The predicted molar refractivity (Wildman–Crippen MR) is 95.6 cm³/mol. The highest BCUT2D eigenvalue weighted by atomic mass is 32.1. The van der Waals surface area contributed by atoms with E-state index < -0.39 is 17.8 Å². The molecular weight excluding hydrogens is 336 g/mol. The molecule has 2 N–H and O–H groups in total. The van der Waals surface area contributed by atoms with Crippen molar-refractivity contribution >= 4 is 39.1 Å². The summed E-state index contributed by atoms with van der Waals surface area (Å²) in [5.41, 5.74) is 1.69. The van der Waals surface area contributed by atoms with Crippen LogP contribution in [-0.2, 0) is 9.59 Å². The van der Waals surface area contributed by atoms with E-state index in [0.717, 1.165) is 22.3 Å². The Balaban J connectivity index is 1.39. The van der Waals surface area contributed by atoms with Gasteiger partial charge in [-0.05, 0) is 49.3 Å². The van der Waals surface area contributed by atoms with E-state index in [1.165, 1.54) is 17.8 Å². The molecule has 5 nitrogen and oxygen atoms in total. The largest absolute Gasteiger partial charge is 0.481 e. The van der Waals surface area contributed by atoms with E-state index in [1.54, 1.807) is 11.3 Å². The van der Waals surface area contributed by atoms with Gasteiger partial charge in [0.25, 0.3) is 0 Å². The summed E-state index contributed by atoms with van der Waals surface area (Å²) in [5.74, 6) is -1.49. The minimum Gasteiger partial charge on any atom is -0.481 e. The van der Waals surface area contributed by atoms with Crippen LogP contribution in [0.3, 0.4) is 0 Å². The SMILES string of the molecule is O=C(Nc1ccc2nc(C3CC3)sc2c1)[C@@H]1[C@H](C(=O)O)[C@H]2C=C[C@H]1C2. The minimum absolute atomic E-state index is 0.0108. The number of nitrogens with one attached hydrogen (secondary N) is 1. The lowest BCUT2D eigenvalue weighted by Gasteiger charge is -2.23. The summed E-state index contributed by atoms with van der Waals surface area (Å²) in [6, 6.07) is 5.74. The number of fused-ring (bicyclic) bond motifs is 3. The first-order chi connectivity index (χ1) is 12.1. The van der Waals surface area contributed by atoms with Gasteiger partial charge < -0.3 is 10.4 Å². The molecule has 2 bridgehead atoms. The van der Waals surface area contributed by atoms with Crippen molar-refractivity contribution in [1.82, 2.24) is 4.98 Å². The molecule has 1 amide bonds. The Hall–Kier alpha value is -2.21. The third kappa shape index (κ3) is 2.47. The van der Waals surface area contributed by atoms with E-state index in [1.807, 2.05) is 30.4 Å². The van der Waals surface area contributed by atoms with Crippen LogP contribution >= 0.6 is 11.3 Å². The number of carboxylic acids is 1. The quantitative estimate of drug-likeness (QED) is 0.822. The number of benzene rings is 1. The molecule has 1 aromatic carbocycles. The van der Waals surface area contributed by atoms with Crippen molar-refractivity contribution in [2.75, 3.05) is 5.32 Å². The summed E-state index contributed by atoms with van der Waals surface area (Å²) >= 11 is 1.69. The van der Waals surface area contributed by atoms with E-state index in [4.69, 9.17) is 0 Å². The fourth-order valence-electron chi connectivity index (χ4n) is 4.27. The molecule has 2 aromatic rings. The van der Waals surface area contributed by atoms with Crippen LogP contribution in [0.1, 0.15) is 30.2 Å². The Morgan fingerprint density at radius 3 is 2.64 bits per heavy atom. The van der Waals surface area contributed by atoms with Crippen LogP contribution in [-0.4, -0.2) is 22.0 Å². The molecule has 4 atom stereocenters. The van der Waals surface area contributed by atoms with Crippen molar-refractivity contribution < 1.29 is 14.7 Å². The molecular formula is C19H18N2O3S. The van der Waals surface area contributed by atoms with E-state index in [9.17, 15) is 14.7 Å². The number of carbonyl (C=O) groups excluding carboxylic acids is 1. The first-order valence-electron chi connectivity index (χ1n) is 8.72. The van der Waals surface area contributed by atoms with Crippen molar-refractivity contribution in [2.45, 2.75) is 25.2 Å². The van der Waals surface area contributed by atoms with Gasteiger partial charge in [-0.25, -0.2) is 4.98 Å². The van der Waals surface area contributed by atoms with Crippen molar-refractivity contribution in [1.29, 1.82) is 0 Å². The first-order valence-corrected chi connectivity index (χ1v) is 9.54. The topological polar surface area (TPSA) is 79.3 Å². The van der Waals surface area contributed by atoms with Crippen LogP contribution in [0.15, 0.2) is 30.4 Å². The number of hydrogen-bond acceptors (Lipinski definition) is 4. The number of nitrogens with zero attached hydrogens (tertiary/aromatic N) is 1. The highest BCUT2D eigenvalue weighted by Gasteiger charge is 2.51. The molecule has 0 radical (unpaired) electrons. The average molecular weight is 354 g/mol. The van der Waals surface area contributed by atoms with Crippen LogP contribution in [0.5, 0.6) is 0 Å². The Bertz CT molecular complexity index is 915. The summed E-state index contributed by atoms with van der Waals surface area (Å²) in [7, 11) is 0. The number of thiazole rings is 1. The molecule has 3 aliphatic rings. The third-order valence-corrected chi connectivity index (χ3v) is 6.83. The monoisotopic (exact) mass is 354 g/mol. The number of allylic oxidation sites excluding steroid dienone is 2. The van der Waals surface area contributed by atoms with Gasteiger partial charge in [0.15, 0.2) is 0 Å². The molecule has 6 heteroatoms. The Morgan fingerprint density at radius 2 is 1.92 bits per heavy atom. The molecule has 0 aliphatic heterocycles. The van der Waals surface area contributed by atoms with Crippen LogP contribution in [0.25, 0.3) is 10.2 Å². The minimum atomic E-state index is -0.871. The normalized spacial score (nSPS) is 30.1. The Morgan fingerprint density at radius 1 is 1.16 bits per heavy atom. The van der Waals surface area contributed by atoms with Gasteiger partial charge in [0.2, 0.25) is 5.91 Å². The zero-order chi connectivity index (χ0) is 17.1. The maximum absolute atomic E-state index is 12.8. The first kappa shape index (κ1) is 15.1. The number of rotatable bonds is 4. The predicted octanol–water partition coefficient (Wildman–Crippen LogP) is 3.64. The van der Waals surface area contributed by atoms with Gasteiger partial charge in [-0.15, -0.1) is 11.3 Å². The number of aliphatic carboxylic acids is 1. The standard InChI is InChI=1S/C19H18N2O3S/c22-17(15-10-3-4-11(7-10)16(15)19(23)24)20-12-5-6-13-14(8-12)25-18(21-13)9-1-2-9/h3-6,8-11,15-16H,1-2,7H2,(H,20,22)(H,23,24)/t10-,11-,15-,16+/m0/s1. The van der Waals surface area contributed by atoms with Gasteiger partial charge in [-0.2, -0.15) is 0 Å². The van der Waals surface area contributed by atoms with Gasteiger partial charge in [0.1, 0.15) is 0 Å². The third-order valence-electron chi connectivity index (χ3n) is 5.65. The molecule has 0 saturated heterocycles. The van der Waals surface area contributed by atoms with Gasteiger partial charge >= 0.3 is 5.97 Å². The van der Waals surface area contributed by atoms with Crippen molar-refractivity contribution in [3.63, 3.8) is 0 Å². The second kappa shape index (κ2) is 5.39. The summed E-state index contributed by atoms with van der Waals surface area (Å²) in [6.45, 7) is 0. The van der Waals surface area contributed by atoms with E-state index in [-0.39, 0.29) is 17.7 Å². The highest BCUT2D eigenvalue weighted by Crippen LogP contribution is 2.48. The fraction of sp³-hybridized carbons (Fsp3) is 0.421. The zero-order valence-electron chi connectivity index (χ0n) is 13.5. The molecule has 2 saturated carbocycles. The molecule has 128 valence electrons. The highest BCUT2D eigenvalue weighted by molar-refractivity contribution is 7.18. The smallest absolute Gasteiger partial charge is 0.307 e. The van der Waals surface area contributed by atoms with E-state index in [2.05, 4.69) is 10.3 Å². The summed E-state index contributed by atoms with van der Waals surface area (Å²) in [5, 5.41) is 13.6. The Kier molecular flexibility index (Phi) is 3.25. The van der Waals surface area contributed by atoms with Crippen molar-refractivity contribution in [2.24, 2.45) is 23.7 Å². The van der Waals surface area contributed by atoms with Gasteiger partial charge in [0, 0.05) is 11.6 Å². The van der Waals surface area contributed by atoms with Crippen LogP contribution < -0.4 is 5.32 Å². The molecule has 25 heavy (non-hydrogen) atoms. The molecule has 0 unspecified atom stereocenters. The summed E-state index contributed by atoms with van der Waals surface area (Å²) < 4.78 is 1.07. The average Bonchev–Trinajstić information content (AvgIpc) is 3.04. The van der Waals surface area contributed by atoms with Crippen LogP contribution in [0.4, 0.5) is 5.69 Å². The fourth-order valence-corrected chi connectivity index (χ4v) is 5.44. The Labute approximate surface area is 148 Å². The number of amides is 1. The van der Waals surface area contributed by atoms with Crippen LogP contribution in [0.2, 0.25) is 0 Å². The van der Waals surface area contributed by atoms with Crippen molar-refractivity contribution in [3.05, 3.63) is 35.4 Å². The van der Waals surface area contributed by atoms with Gasteiger partial charge in [-0.3, -0.25) is 9.59 Å². The second-order valence-corrected chi connectivity index (χ2v) is 8.40. The maximum Gasteiger partial charge on any atom is 0.307 e. The number of hydrogen-bond donors (Lipinski definition) is 2. The van der Waals surface area contributed by atoms with Crippen molar-refractivity contribution in [3.8, 4) is 0 Å². The lowest BCUT2D eigenvalue weighted by Crippen LogP contribution is -2.36. The molecule has 3 aliphatic carbocycles. The van der Waals surface area contributed by atoms with Gasteiger partial charge in [0.05, 0.1) is 27.1 Å². The molecule has 0 spiro atoms. The lowest BCUT2D eigenvalue weighted by atomic mass is 9.82. The number of carboxylic acid groups (broad SMARTS) is 1. The molecule has 2 fully saturated rings. The zero-order valence-corrected chi connectivity index (χ0v) is 14.3. The van der Waals surface area contributed by atoms with Crippen LogP contribution in [0, 0.1) is 23.7 Å². The summed E-state index contributed by atoms with van der Waals surface area (Å²) in [6.07, 6.45) is 7.17. The van der Waals surface area contributed by atoms with E-state index >= 15 is 0 Å². The number of aromatic nitrogens is 1. The second-order valence-electron chi connectivity index (χ2n) is 7.34. The maximum atomic E-state index is 12.8.